The van der Waals surface area contributed by atoms with E-state index in [1.54, 1.807) is 0 Å². The van der Waals surface area contributed by atoms with Crippen molar-refractivity contribution < 1.29 is 29.6 Å². The van der Waals surface area contributed by atoms with E-state index in [0.29, 0.717) is 31.7 Å². The number of rotatable bonds is 16. The van der Waals surface area contributed by atoms with Crippen molar-refractivity contribution in [3.63, 3.8) is 0 Å². The smallest absolute Gasteiger partial charge is 0.311 e. The predicted molar refractivity (Wildman–Crippen MR) is 154 cm³/mol. The van der Waals surface area contributed by atoms with Gasteiger partial charge in [0, 0.05) is 5.92 Å². The van der Waals surface area contributed by atoms with Gasteiger partial charge in [0.1, 0.15) is 6.10 Å². The van der Waals surface area contributed by atoms with Crippen molar-refractivity contribution in [2.75, 3.05) is 13.2 Å². The molecule has 8 heteroatoms. The summed E-state index contributed by atoms with van der Waals surface area (Å²) < 4.78 is 6.17. The molecule has 0 aromatic heterocycles. The van der Waals surface area contributed by atoms with Gasteiger partial charge in [-0.25, -0.2) is 0 Å². The zero-order valence-corrected chi connectivity index (χ0v) is 24.8. The van der Waals surface area contributed by atoms with Gasteiger partial charge in [0.2, 0.25) is 5.91 Å². The van der Waals surface area contributed by atoms with E-state index in [1.165, 1.54) is 5.57 Å². The summed E-state index contributed by atoms with van der Waals surface area (Å²) in [6, 6.07) is -0.354. The Morgan fingerprint density at radius 3 is 2.54 bits per heavy atom. The van der Waals surface area contributed by atoms with Crippen LogP contribution in [0.1, 0.15) is 92.4 Å². The van der Waals surface area contributed by atoms with Crippen LogP contribution < -0.4 is 11.1 Å². The summed E-state index contributed by atoms with van der Waals surface area (Å²) >= 11 is 0. The highest BCUT2D eigenvalue weighted by Crippen LogP contribution is 2.45. The molecule has 0 spiro atoms. The zero-order chi connectivity index (χ0) is 29.2. The van der Waals surface area contributed by atoms with Crippen LogP contribution in [0.15, 0.2) is 23.8 Å². The van der Waals surface area contributed by atoms with E-state index in [0.717, 1.165) is 25.7 Å². The Labute approximate surface area is 235 Å². The lowest BCUT2D eigenvalue weighted by molar-refractivity contribution is -0.164. The summed E-state index contributed by atoms with van der Waals surface area (Å²) in [6.45, 7) is 10.6. The van der Waals surface area contributed by atoms with Crippen LogP contribution in [0.2, 0.25) is 0 Å². The second-order valence-corrected chi connectivity index (χ2v) is 12.5. The topological polar surface area (TPSA) is 142 Å². The van der Waals surface area contributed by atoms with Gasteiger partial charge in [-0.15, -0.1) is 0 Å². The third-order valence-electron chi connectivity index (χ3n) is 8.68. The van der Waals surface area contributed by atoms with E-state index in [-0.39, 0.29) is 61.2 Å². The minimum atomic E-state index is -0.969. The number of amides is 1. The molecule has 0 saturated carbocycles. The van der Waals surface area contributed by atoms with E-state index in [4.69, 9.17) is 10.5 Å². The minimum absolute atomic E-state index is 0.0791. The van der Waals surface area contributed by atoms with Crippen molar-refractivity contribution in [2.24, 2.45) is 34.8 Å². The average Bonchev–Trinajstić information content (AvgIpc) is 2.87. The fraction of sp³-hybridized carbons (Fsp3) is 0.806. The first-order valence-corrected chi connectivity index (χ1v) is 15.0. The predicted octanol–water partition coefficient (Wildman–Crippen LogP) is 3.63. The zero-order valence-electron chi connectivity index (χ0n) is 24.8. The number of allylic oxidation sites excluding steroid dienone is 3. The van der Waals surface area contributed by atoms with E-state index in [2.05, 4.69) is 37.4 Å². The molecule has 0 aromatic rings. The third-order valence-corrected chi connectivity index (χ3v) is 8.68. The number of hydrogen-bond acceptors (Lipinski definition) is 7. The van der Waals surface area contributed by atoms with Gasteiger partial charge in [-0.3, -0.25) is 9.59 Å². The van der Waals surface area contributed by atoms with Gasteiger partial charge in [0.05, 0.1) is 36.7 Å². The number of fused-ring (bicyclic) bond motifs is 1. The number of ether oxygens (including phenoxy) is 1. The molecule has 39 heavy (non-hydrogen) atoms. The third kappa shape index (κ3) is 10.3. The fourth-order valence-electron chi connectivity index (χ4n) is 5.81. The normalized spacial score (nSPS) is 27.2. The monoisotopic (exact) mass is 550 g/mol. The van der Waals surface area contributed by atoms with Crippen molar-refractivity contribution in [1.29, 1.82) is 0 Å². The first kappa shape index (κ1) is 33.5. The maximum atomic E-state index is 13.0. The average molecular weight is 551 g/mol. The van der Waals surface area contributed by atoms with Crippen molar-refractivity contribution in [3.8, 4) is 0 Å². The standard InChI is InChI=1S/C31H54N2O6/c1-6-31(4,5)30(38)39-27-16-20(2)15-22-11-10-21(3)26(29(22)27)13-12-24(35)17-25(36)18-28(37)33-23(19-34)9-7-8-14-32/h10-11,15,20-21,23-27,29,34-36H,6-9,12-14,16-19,32H2,1-5H3,(H,33,37)/t20-,21+,23+,24+,25+,26-,27-,29-/m0/s1. The van der Waals surface area contributed by atoms with Crippen LogP contribution in [-0.4, -0.2) is 64.7 Å². The summed E-state index contributed by atoms with van der Waals surface area (Å²) in [5.74, 6) is 0.363. The van der Waals surface area contributed by atoms with Crippen LogP contribution in [0.5, 0.6) is 0 Å². The highest BCUT2D eigenvalue weighted by molar-refractivity contribution is 5.77. The highest BCUT2D eigenvalue weighted by atomic mass is 16.5. The van der Waals surface area contributed by atoms with Crippen LogP contribution in [-0.2, 0) is 14.3 Å². The van der Waals surface area contributed by atoms with Crippen LogP contribution in [0, 0.1) is 29.1 Å². The molecule has 0 aliphatic heterocycles. The van der Waals surface area contributed by atoms with Crippen molar-refractivity contribution in [3.05, 3.63) is 23.8 Å². The second-order valence-electron chi connectivity index (χ2n) is 12.5. The van der Waals surface area contributed by atoms with Gasteiger partial charge >= 0.3 is 5.97 Å². The number of esters is 1. The minimum Gasteiger partial charge on any atom is -0.461 e. The number of aliphatic hydroxyl groups is 3. The molecule has 0 unspecified atom stereocenters. The molecule has 0 heterocycles. The number of hydrogen-bond donors (Lipinski definition) is 5. The molecule has 2 rings (SSSR count). The molecule has 8 nitrogen and oxygen atoms in total. The van der Waals surface area contributed by atoms with Gasteiger partial charge in [-0.2, -0.15) is 0 Å². The van der Waals surface area contributed by atoms with Crippen LogP contribution in [0.4, 0.5) is 0 Å². The van der Waals surface area contributed by atoms with Gasteiger partial charge in [0.15, 0.2) is 0 Å². The Hall–Kier alpha value is -1.74. The lowest BCUT2D eigenvalue weighted by Crippen LogP contribution is -2.43. The molecule has 224 valence electrons. The second kappa shape index (κ2) is 15.9. The molecule has 6 N–H and O–H groups in total. The number of carbonyl (C=O) groups is 2. The Morgan fingerprint density at radius 2 is 1.90 bits per heavy atom. The molecule has 0 saturated heterocycles. The Morgan fingerprint density at radius 1 is 1.18 bits per heavy atom. The molecule has 2 aliphatic rings. The highest BCUT2D eigenvalue weighted by Gasteiger charge is 2.42. The molecule has 0 bridgehead atoms. The van der Waals surface area contributed by atoms with Crippen molar-refractivity contribution >= 4 is 11.9 Å². The molecular weight excluding hydrogens is 496 g/mol. The van der Waals surface area contributed by atoms with E-state index in [9.17, 15) is 24.9 Å². The molecule has 0 aromatic carbocycles. The number of aliphatic hydroxyl groups excluding tert-OH is 3. The summed E-state index contributed by atoms with van der Waals surface area (Å²) in [5.41, 5.74) is 6.18. The maximum absolute atomic E-state index is 13.0. The maximum Gasteiger partial charge on any atom is 0.311 e. The molecule has 2 aliphatic carbocycles. The number of nitrogens with one attached hydrogen (secondary N) is 1. The quantitative estimate of drug-likeness (QED) is 0.146. The molecular formula is C31H54N2O6. The Kier molecular flexibility index (Phi) is 13.6. The van der Waals surface area contributed by atoms with Gasteiger partial charge < -0.3 is 31.1 Å². The van der Waals surface area contributed by atoms with Crippen molar-refractivity contribution in [1.82, 2.24) is 5.32 Å². The molecule has 0 fully saturated rings. The summed E-state index contributed by atoms with van der Waals surface area (Å²) in [5, 5.41) is 33.5. The van der Waals surface area contributed by atoms with Gasteiger partial charge in [-0.05, 0) is 88.7 Å². The summed E-state index contributed by atoms with van der Waals surface area (Å²) in [7, 11) is 0. The molecule has 0 radical (unpaired) electrons. The SMILES string of the molecule is CCC(C)(C)C(=O)O[C@H]1C[C@@H](C)C=C2C=C[C@@H](C)[C@H](CC[C@@H](O)C[C@@H](O)CC(=O)N[C@@H](CO)CCCCN)[C@H]21. The first-order chi connectivity index (χ1) is 18.4. The van der Waals surface area contributed by atoms with Crippen LogP contribution in [0.3, 0.4) is 0 Å². The molecule has 1 amide bonds. The first-order valence-electron chi connectivity index (χ1n) is 15.0. The number of nitrogens with two attached hydrogens (primary N) is 1. The van der Waals surface area contributed by atoms with E-state index in [1.807, 2.05) is 20.8 Å². The van der Waals surface area contributed by atoms with Crippen LogP contribution in [0.25, 0.3) is 0 Å². The largest absolute Gasteiger partial charge is 0.461 e. The Balaban J connectivity index is 1.95. The van der Waals surface area contributed by atoms with E-state index < -0.39 is 17.6 Å². The Bertz CT molecular complexity index is 841. The molecule has 8 atom stereocenters. The lowest BCUT2D eigenvalue weighted by Gasteiger charge is -2.44. The van der Waals surface area contributed by atoms with Crippen molar-refractivity contribution in [2.45, 2.75) is 117 Å². The van der Waals surface area contributed by atoms with E-state index >= 15 is 0 Å². The van der Waals surface area contributed by atoms with Gasteiger partial charge in [-0.1, -0.05) is 45.4 Å². The van der Waals surface area contributed by atoms with Crippen LogP contribution >= 0.6 is 0 Å². The summed E-state index contributed by atoms with van der Waals surface area (Å²) in [6.07, 6.45) is 9.70. The lowest BCUT2D eigenvalue weighted by atomic mass is 9.65. The number of carbonyl (C=O) groups excluding carboxylic acids is 2. The summed E-state index contributed by atoms with van der Waals surface area (Å²) in [4.78, 5) is 25.3. The number of unbranched alkanes of at least 4 members (excludes halogenated alkanes) is 1. The van der Waals surface area contributed by atoms with Gasteiger partial charge in [0.25, 0.3) is 0 Å². The fourth-order valence-corrected chi connectivity index (χ4v) is 5.81.